The fraction of sp³-hybridized carbons (Fsp3) is 0. The Labute approximate surface area is 148 Å². The molecule has 4 nitrogen and oxygen atoms in total. The Morgan fingerprint density at radius 1 is 0.960 bits per heavy atom. The molecule has 2 aromatic carbocycles. The van der Waals surface area contributed by atoms with Gasteiger partial charge in [-0.2, -0.15) is 0 Å². The number of nitrogens with zero attached hydrogens (tertiary/aromatic N) is 3. The molecule has 4 rings (SSSR count). The van der Waals surface area contributed by atoms with Gasteiger partial charge in [-0.25, -0.2) is 14.4 Å². The number of pyridine rings is 1. The molecule has 25 heavy (non-hydrogen) atoms. The number of nitrogens with two attached hydrogens (primary N) is 1. The van der Waals surface area contributed by atoms with E-state index in [1.807, 2.05) is 30.3 Å². The number of halogens is 2. The maximum absolute atomic E-state index is 13.5. The van der Waals surface area contributed by atoms with Crippen molar-refractivity contribution in [3.05, 3.63) is 71.8 Å². The zero-order chi connectivity index (χ0) is 17.4. The minimum atomic E-state index is -0.464. The molecular formula is C19H12ClFN4. The smallest absolute Gasteiger partial charge is 0.163 e. The molecule has 0 fully saturated rings. The van der Waals surface area contributed by atoms with Crippen LogP contribution in [0.3, 0.4) is 0 Å². The lowest BCUT2D eigenvalue weighted by molar-refractivity contribution is 0.628. The van der Waals surface area contributed by atoms with E-state index in [4.69, 9.17) is 17.3 Å². The van der Waals surface area contributed by atoms with Crippen molar-refractivity contribution >= 4 is 28.3 Å². The second kappa shape index (κ2) is 6.11. The fourth-order valence-corrected chi connectivity index (χ4v) is 2.92. The molecule has 0 saturated carbocycles. The average Bonchev–Trinajstić information content (AvgIpc) is 2.64. The van der Waals surface area contributed by atoms with Gasteiger partial charge in [-0.05, 0) is 41.5 Å². The highest BCUT2D eigenvalue weighted by molar-refractivity contribution is 6.31. The van der Waals surface area contributed by atoms with Crippen LogP contribution in [-0.4, -0.2) is 15.0 Å². The molecular weight excluding hydrogens is 339 g/mol. The van der Waals surface area contributed by atoms with E-state index in [9.17, 15) is 4.39 Å². The van der Waals surface area contributed by atoms with Gasteiger partial charge >= 0.3 is 0 Å². The molecule has 2 N–H and O–H groups in total. The lowest BCUT2D eigenvalue weighted by Gasteiger charge is -2.11. The summed E-state index contributed by atoms with van der Waals surface area (Å²) in [5, 5.41) is 0.763. The highest BCUT2D eigenvalue weighted by Gasteiger charge is 2.13. The highest BCUT2D eigenvalue weighted by Crippen LogP contribution is 2.34. The van der Waals surface area contributed by atoms with Gasteiger partial charge in [0.25, 0.3) is 0 Å². The van der Waals surface area contributed by atoms with E-state index in [1.54, 1.807) is 24.5 Å². The molecule has 4 aromatic rings. The first-order valence-corrected chi connectivity index (χ1v) is 7.93. The Bertz CT molecular complexity index is 1080. The minimum Gasteiger partial charge on any atom is -0.383 e. The second-order valence-electron chi connectivity index (χ2n) is 5.50. The van der Waals surface area contributed by atoms with Crippen LogP contribution in [0.25, 0.3) is 33.4 Å². The van der Waals surface area contributed by atoms with E-state index < -0.39 is 5.82 Å². The van der Waals surface area contributed by atoms with Crippen LogP contribution in [0, 0.1) is 5.82 Å². The first kappa shape index (κ1) is 15.5. The fourth-order valence-electron chi connectivity index (χ4n) is 2.74. The van der Waals surface area contributed by atoms with Crippen LogP contribution in [-0.2, 0) is 0 Å². The lowest BCUT2D eigenvalue weighted by atomic mass is 10.0. The van der Waals surface area contributed by atoms with Gasteiger partial charge < -0.3 is 5.73 Å². The molecule has 0 saturated heterocycles. The zero-order valence-corrected chi connectivity index (χ0v) is 13.7. The SMILES string of the molecule is Nc1nc(-c2cccnc2)nc2cccc(-c3ccc(F)c(Cl)c3)c12. The number of hydrogen-bond donors (Lipinski definition) is 1. The summed E-state index contributed by atoms with van der Waals surface area (Å²) in [6, 6.07) is 13.9. The van der Waals surface area contributed by atoms with E-state index in [2.05, 4.69) is 15.0 Å². The molecule has 2 aromatic heterocycles. The first-order valence-electron chi connectivity index (χ1n) is 7.55. The van der Waals surface area contributed by atoms with E-state index in [1.165, 1.54) is 6.07 Å². The standard InChI is InChI=1S/C19H12ClFN4/c20-14-9-11(6-7-15(14)21)13-4-1-5-16-17(13)18(22)25-19(24-16)12-3-2-8-23-10-12/h1-10H,(H2,22,24,25). The van der Waals surface area contributed by atoms with Crippen molar-refractivity contribution in [3.8, 4) is 22.5 Å². The molecule has 0 unspecified atom stereocenters. The second-order valence-corrected chi connectivity index (χ2v) is 5.91. The van der Waals surface area contributed by atoms with Crippen molar-refractivity contribution in [1.29, 1.82) is 0 Å². The molecule has 0 bridgehead atoms. The van der Waals surface area contributed by atoms with Crippen LogP contribution in [0.2, 0.25) is 5.02 Å². The molecule has 122 valence electrons. The summed E-state index contributed by atoms with van der Waals surface area (Å²) in [6.45, 7) is 0. The molecule has 0 spiro atoms. The van der Waals surface area contributed by atoms with Crippen molar-refractivity contribution in [2.45, 2.75) is 0 Å². The van der Waals surface area contributed by atoms with Crippen molar-refractivity contribution in [1.82, 2.24) is 15.0 Å². The van der Waals surface area contributed by atoms with Crippen LogP contribution in [0.4, 0.5) is 10.2 Å². The number of anilines is 1. The van der Waals surface area contributed by atoms with Crippen LogP contribution >= 0.6 is 11.6 Å². The van der Waals surface area contributed by atoms with E-state index >= 15 is 0 Å². The van der Waals surface area contributed by atoms with Gasteiger partial charge in [-0.15, -0.1) is 0 Å². The summed E-state index contributed by atoms with van der Waals surface area (Å²) < 4.78 is 13.5. The van der Waals surface area contributed by atoms with Gasteiger partial charge in [-0.1, -0.05) is 29.8 Å². The average molecular weight is 351 g/mol. The predicted molar refractivity (Wildman–Crippen MR) is 97.6 cm³/mol. The Hall–Kier alpha value is -3.05. The molecule has 0 aliphatic rings. The zero-order valence-electron chi connectivity index (χ0n) is 12.9. The van der Waals surface area contributed by atoms with Crippen molar-refractivity contribution in [2.75, 3.05) is 5.73 Å². The predicted octanol–water partition coefficient (Wildman–Crippen LogP) is 4.73. The summed E-state index contributed by atoms with van der Waals surface area (Å²) in [4.78, 5) is 13.1. The molecule has 0 radical (unpaired) electrons. The molecule has 0 aliphatic carbocycles. The maximum atomic E-state index is 13.5. The topological polar surface area (TPSA) is 64.7 Å². The number of fused-ring (bicyclic) bond motifs is 1. The normalized spacial score (nSPS) is 11.0. The van der Waals surface area contributed by atoms with Crippen LogP contribution in [0.1, 0.15) is 0 Å². The molecule has 2 heterocycles. The molecule has 0 amide bonds. The number of aromatic nitrogens is 3. The Balaban J connectivity index is 1.94. The summed E-state index contributed by atoms with van der Waals surface area (Å²) >= 11 is 5.92. The summed E-state index contributed by atoms with van der Waals surface area (Å²) in [5.74, 6) is 0.390. The summed E-state index contributed by atoms with van der Waals surface area (Å²) in [5.41, 5.74) is 9.26. The highest BCUT2D eigenvalue weighted by atomic mass is 35.5. The summed E-state index contributed by atoms with van der Waals surface area (Å²) in [6.07, 6.45) is 3.37. The largest absolute Gasteiger partial charge is 0.383 e. The van der Waals surface area contributed by atoms with Gasteiger partial charge in [0.1, 0.15) is 11.6 Å². The van der Waals surface area contributed by atoms with E-state index in [-0.39, 0.29) is 5.02 Å². The number of rotatable bonds is 2. The van der Waals surface area contributed by atoms with Crippen molar-refractivity contribution in [3.63, 3.8) is 0 Å². The Morgan fingerprint density at radius 2 is 1.84 bits per heavy atom. The van der Waals surface area contributed by atoms with Crippen LogP contribution < -0.4 is 5.73 Å². The molecule has 0 atom stereocenters. The Morgan fingerprint density at radius 3 is 2.60 bits per heavy atom. The monoisotopic (exact) mass is 350 g/mol. The summed E-state index contributed by atoms with van der Waals surface area (Å²) in [7, 11) is 0. The number of nitrogen functional groups attached to an aromatic ring is 1. The molecule has 0 aliphatic heterocycles. The van der Waals surface area contributed by atoms with Crippen LogP contribution in [0.5, 0.6) is 0 Å². The van der Waals surface area contributed by atoms with E-state index in [0.29, 0.717) is 22.5 Å². The third kappa shape index (κ3) is 2.79. The van der Waals surface area contributed by atoms with E-state index in [0.717, 1.165) is 16.7 Å². The van der Waals surface area contributed by atoms with Gasteiger partial charge in [0.2, 0.25) is 0 Å². The third-order valence-corrected chi connectivity index (χ3v) is 4.19. The van der Waals surface area contributed by atoms with Crippen LogP contribution in [0.15, 0.2) is 60.9 Å². The number of hydrogen-bond acceptors (Lipinski definition) is 4. The molecule has 6 heteroatoms. The van der Waals surface area contributed by atoms with Gasteiger partial charge in [0.15, 0.2) is 5.82 Å². The number of benzene rings is 2. The van der Waals surface area contributed by atoms with Crippen molar-refractivity contribution < 1.29 is 4.39 Å². The van der Waals surface area contributed by atoms with Gasteiger partial charge in [0, 0.05) is 18.0 Å². The maximum Gasteiger partial charge on any atom is 0.163 e. The first-order chi connectivity index (χ1) is 12.1. The minimum absolute atomic E-state index is 0.0565. The quantitative estimate of drug-likeness (QED) is 0.567. The van der Waals surface area contributed by atoms with Gasteiger partial charge in [-0.3, -0.25) is 4.98 Å². The lowest BCUT2D eigenvalue weighted by Crippen LogP contribution is -1.99. The Kier molecular flexibility index (Phi) is 3.78. The van der Waals surface area contributed by atoms with Crippen molar-refractivity contribution in [2.24, 2.45) is 0 Å². The van der Waals surface area contributed by atoms with Gasteiger partial charge in [0.05, 0.1) is 15.9 Å². The third-order valence-electron chi connectivity index (χ3n) is 3.90.